The molecule has 104 heavy (non-hydrogen) atoms. The lowest BCUT2D eigenvalue weighted by Crippen LogP contribution is -2.30. The molecule has 0 aliphatic carbocycles. The molecule has 19 heteroatoms. The van der Waals surface area contributed by atoms with E-state index in [-0.39, 0.29) is 25.7 Å². The van der Waals surface area contributed by atoms with Crippen LogP contribution in [-0.4, -0.2) is 96.7 Å². The summed E-state index contributed by atoms with van der Waals surface area (Å²) >= 11 is 0. The van der Waals surface area contributed by atoms with Crippen molar-refractivity contribution in [2.75, 3.05) is 39.6 Å². The van der Waals surface area contributed by atoms with Gasteiger partial charge in [-0.2, -0.15) is 0 Å². The number of aliphatic hydroxyl groups is 1. The Hall–Kier alpha value is -1.94. The minimum Gasteiger partial charge on any atom is -0.462 e. The quantitative estimate of drug-likeness (QED) is 0.0222. The molecule has 0 aromatic carbocycles. The molecule has 0 saturated carbocycles. The maximum atomic E-state index is 13.1. The average Bonchev–Trinajstić information content (AvgIpc) is 0.903. The van der Waals surface area contributed by atoms with Crippen LogP contribution in [0.15, 0.2) is 0 Å². The van der Waals surface area contributed by atoms with Crippen molar-refractivity contribution in [3.05, 3.63) is 0 Å². The molecule has 0 bridgehead atoms. The van der Waals surface area contributed by atoms with Gasteiger partial charge in [-0.05, 0) is 37.5 Å². The first-order valence-electron chi connectivity index (χ1n) is 44.0. The number of unbranched alkanes of at least 4 members (excludes halogenated alkanes) is 53. The van der Waals surface area contributed by atoms with Gasteiger partial charge in [-0.1, -0.05) is 401 Å². The lowest BCUT2D eigenvalue weighted by atomic mass is 9.99. The van der Waals surface area contributed by atoms with E-state index in [1.54, 1.807) is 0 Å². The minimum absolute atomic E-state index is 0.106. The van der Waals surface area contributed by atoms with E-state index < -0.39 is 97.5 Å². The van der Waals surface area contributed by atoms with Crippen LogP contribution in [0.2, 0.25) is 0 Å². The SMILES string of the molecule is CCCCCCCCCCCCCCCCCCCCCCC(=O)O[C@H](COC(=O)CCCCCCCCCCCCCCCCCCC)COP(=O)(O)OC[C@@H](O)COP(=O)(O)OC[C@@H](COC(=O)CCCCCCCCCCCCC(C)C)OC(=O)CCCCCCCCCCCCC(C)CC. The van der Waals surface area contributed by atoms with Crippen LogP contribution in [0.3, 0.4) is 0 Å². The molecule has 0 aromatic rings. The van der Waals surface area contributed by atoms with Crippen LogP contribution in [0.1, 0.15) is 452 Å². The monoisotopic (exact) mass is 1520 g/mol. The van der Waals surface area contributed by atoms with E-state index in [1.807, 2.05) is 0 Å². The highest BCUT2D eigenvalue weighted by molar-refractivity contribution is 7.47. The summed E-state index contributed by atoms with van der Waals surface area (Å²) in [6.07, 6.45) is 67.9. The predicted octanol–water partition coefficient (Wildman–Crippen LogP) is 25.8. The van der Waals surface area contributed by atoms with E-state index in [4.69, 9.17) is 37.0 Å². The third-order valence-corrected chi connectivity index (χ3v) is 22.2. The van der Waals surface area contributed by atoms with Crippen LogP contribution >= 0.6 is 15.6 Å². The zero-order valence-electron chi connectivity index (χ0n) is 68.3. The van der Waals surface area contributed by atoms with Crippen molar-refractivity contribution < 1.29 is 80.2 Å². The summed E-state index contributed by atoms with van der Waals surface area (Å²) in [6, 6.07) is 0. The normalized spacial score (nSPS) is 14.1. The molecular weight excluding hydrogens is 1350 g/mol. The first-order valence-corrected chi connectivity index (χ1v) is 47.0. The smallest absolute Gasteiger partial charge is 0.462 e. The topological polar surface area (TPSA) is 237 Å². The van der Waals surface area contributed by atoms with Gasteiger partial charge in [0.25, 0.3) is 0 Å². The Kier molecular flexibility index (Phi) is 75.0. The number of hydrogen-bond donors (Lipinski definition) is 3. The highest BCUT2D eigenvalue weighted by Gasteiger charge is 2.30. The van der Waals surface area contributed by atoms with E-state index in [2.05, 4.69) is 41.5 Å². The summed E-state index contributed by atoms with van der Waals surface area (Å²) in [4.78, 5) is 73.2. The van der Waals surface area contributed by atoms with Gasteiger partial charge in [-0.15, -0.1) is 0 Å². The Bertz CT molecular complexity index is 2000. The van der Waals surface area contributed by atoms with Gasteiger partial charge >= 0.3 is 39.5 Å². The Balaban J connectivity index is 5.26. The van der Waals surface area contributed by atoms with Crippen molar-refractivity contribution in [1.29, 1.82) is 0 Å². The molecule has 0 fully saturated rings. The largest absolute Gasteiger partial charge is 0.472 e. The van der Waals surface area contributed by atoms with Gasteiger partial charge in [0.15, 0.2) is 12.2 Å². The summed E-state index contributed by atoms with van der Waals surface area (Å²) in [5, 5.41) is 10.7. The molecular formula is C85H166O17P2. The lowest BCUT2D eigenvalue weighted by Gasteiger charge is -2.21. The summed E-state index contributed by atoms with van der Waals surface area (Å²) < 4.78 is 68.9. The van der Waals surface area contributed by atoms with Crippen LogP contribution in [0.5, 0.6) is 0 Å². The molecule has 0 amide bonds. The van der Waals surface area contributed by atoms with Crippen LogP contribution in [0.25, 0.3) is 0 Å². The van der Waals surface area contributed by atoms with Gasteiger partial charge < -0.3 is 33.8 Å². The third kappa shape index (κ3) is 76.8. The van der Waals surface area contributed by atoms with Crippen LogP contribution in [0, 0.1) is 11.8 Å². The number of hydrogen-bond acceptors (Lipinski definition) is 15. The number of phosphoric acid groups is 2. The maximum absolute atomic E-state index is 13.1. The first-order chi connectivity index (χ1) is 50.4. The number of aliphatic hydroxyl groups excluding tert-OH is 1. The summed E-state index contributed by atoms with van der Waals surface area (Å²) in [5.74, 6) is -0.541. The number of phosphoric ester groups is 2. The summed E-state index contributed by atoms with van der Waals surface area (Å²) in [6.45, 7) is 9.68. The lowest BCUT2D eigenvalue weighted by molar-refractivity contribution is -0.161. The van der Waals surface area contributed by atoms with Crippen molar-refractivity contribution >= 4 is 39.5 Å². The second-order valence-electron chi connectivity index (χ2n) is 31.3. The van der Waals surface area contributed by atoms with E-state index in [0.717, 1.165) is 102 Å². The molecule has 0 spiro atoms. The molecule has 0 heterocycles. The molecule has 3 unspecified atom stereocenters. The van der Waals surface area contributed by atoms with Crippen molar-refractivity contribution in [2.45, 2.75) is 471 Å². The molecule has 0 aliphatic rings. The second kappa shape index (κ2) is 76.4. The van der Waals surface area contributed by atoms with Gasteiger partial charge in [0, 0.05) is 25.7 Å². The van der Waals surface area contributed by atoms with E-state index in [0.29, 0.717) is 25.7 Å². The Morgan fingerprint density at radius 2 is 0.490 bits per heavy atom. The molecule has 6 atom stereocenters. The van der Waals surface area contributed by atoms with Crippen LogP contribution < -0.4 is 0 Å². The number of rotatable bonds is 84. The average molecular weight is 1520 g/mol. The van der Waals surface area contributed by atoms with Gasteiger partial charge in [0.2, 0.25) is 0 Å². The van der Waals surface area contributed by atoms with Crippen molar-refractivity contribution in [2.24, 2.45) is 11.8 Å². The molecule has 17 nitrogen and oxygen atoms in total. The highest BCUT2D eigenvalue weighted by atomic mass is 31.2. The number of esters is 4. The number of ether oxygens (including phenoxy) is 4. The minimum atomic E-state index is -4.97. The zero-order chi connectivity index (χ0) is 76.4. The highest BCUT2D eigenvalue weighted by Crippen LogP contribution is 2.45. The van der Waals surface area contributed by atoms with E-state index in [1.165, 1.54) is 270 Å². The summed E-state index contributed by atoms with van der Waals surface area (Å²) in [5.41, 5.74) is 0. The van der Waals surface area contributed by atoms with Crippen molar-refractivity contribution in [3.63, 3.8) is 0 Å². The molecule has 0 saturated heterocycles. The zero-order valence-corrected chi connectivity index (χ0v) is 70.1. The number of carbonyl (C=O) groups is 4. The molecule has 3 N–H and O–H groups in total. The van der Waals surface area contributed by atoms with E-state index >= 15 is 0 Å². The fourth-order valence-corrected chi connectivity index (χ4v) is 14.8. The second-order valence-corrected chi connectivity index (χ2v) is 34.2. The molecule has 0 rings (SSSR count). The van der Waals surface area contributed by atoms with Crippen LogP contribution in [0.4, 0.5) is 0 Å². The maximum Gasteiger partial charge on any atom is 0.472 e. The fourth-order valence-electron chi connectivity index (χ4n) is 13.2. The Morgan fingerprint density at radius 1 is 0.279 bits per heavy atom. The Labute approximate surface area is 638 Å². The van der Waals surface area contributed by atoms with Gasteiger partial charge in [0.05, 0.1) is 26.4 Å². The standard InChI is InChI=1S/C85H166O17P2/c1-7-10-12-14-16-18-20-22-24-26-27-28-30-32-34-36-45-51-57-63-69-84(89)101-80(73-95-82(87)67-61-55-49-43-35-33-31-29-25-23-21-19-17-15-13-11-8-2)75-99-103(91,92)97-71-79(86)72-98-104(93,94)100-76-81(74-96-83(88)68-62-56-50-44-39-37-41-47-53-59-65-77(4)5)102-85(90)70-64-58-52-46-40-38-42-48-54-60-66-78(6)9-3/h77-81,86H,7-76H2,1-6H3,(H,91,92)(H,93,94)/t78?,79-,80-,81-/m1/s1. The van der Waals surface area contributed by atoms with Crippen molar-refractivity contribution in [3.8, 4) is 0 Å². The fraction of sp³-hybridized carbons (Fsp3) is 0.953. The molecule has 0 aliphatic heterocycles. The van der Waals surface area contributed by atoms with Crippen LogP contribution in [-0.2, 0) is 65.4 Å². The number of carbonyl (C=O) groups excluding carboxylic acids is 4. The van der Waals surface area contributed by atoms with Crippen molar-refractivity contribution in [1.82, 2.24) is 0 Å². The molecule has 0 aromatic heterocycles. The Morgan fingerprint density at radius 3 is 0.731 bits per heavy atom. The summed E-state index contributed by atoms with van der Waals surface area (Å²) in [7, 11) is -9.93. The first kappa shape index (κ1) is 102. The van der Waals surface area contributed by atoms with Gasteiger partial charge in [0.1, 0.15) is 19.3 Å². The third-order valence-electron chi connectivity index (χ3n) is 20.3. The van der Waals surface area contributed by atoms with E-state index in [9.17, 15) is 43.2 Å². The predicted molar refractivity (Wildman–Crippen MR) is 428 cm³/mol. The molecule has 618 valence electrons. The van der Waals surface area contributed by atoms with Gasteiger partial charge in [-0.3, -0.25) is 37.3 Å². The van der Waals surface area contributed by atoms with Gasteiger partial charge in [-0.25, -0.2) is 9.13 Å². The molecule has 0 radical (unpaired) electrons.